The van der Waals surface area contributed by atoms with Crippen molar-refractivity contribution in [2.24, 2.45) is 23.7 Å². The molecule has 2 saturated heterocycles. The third kappa shape index (κ3) is 2.05. The molecule has 25 heavy (non-hydrogen) atoms. The van der Waals surface area contributed by atoms with Crippen LogP contribution in [0.5, 0.6) is 0 Å². The van der Waals surface area contributed by atoms with Crippen molar-refractivity contribution in [1.29, 1.82) is 0 Å². The SMILES string of the molecule is C[C@H]1CO[C@]2(C)OC3=C(C[C@H]12)C(=O)C1=C(C3)O[C@@]2(C)OC[C@H](C)[C@H]2C1. The molecule has 0 N–H and O–H groups in total. The van der Waals surface area contributed by atoms with E-state index in [4.69, 9.17) is 18.9 Å². The van der Waals surface area contributed by atoms with Gasteiger partial charge in [-0.25, -0.2) is 0 Å². The Labute approximate surface area is 148 Å². The van der Waals surface area contributed by atoms with Gasteiger partial charge in [0, 0.05) is 36.8 Å². The Hall–Kier alpha value is -1.33. The average molecular weight is 346 g/mol. The van der Waals surface area contributed by atoms with Gasteiger partial charge in [0.1, 0.15) is 11.5 Å². The van der Waals surface area contributed by atoms with E-state index in [-0.39, 0.29) is 17.6 Å². The number of carbonyl (C=O) groups is 1. The van der Waals surface area contributed by atoms with Gasteiger partial charge in [0.25, 0.3) is 0 Å². The van der Waals surface area contributed by atoms with E-state index < -0.39 is 11.6 Å². The highest BCUT2D eigenvalue weighted by Crippen LogP contribution is 2.53. The molecule has 0 aromatic rings. The van der Waals surface area contributed by atoms with E-state index in [0.717, 1.165) is 35.5 Å². The number of hydrogen-bond acceptors (Lipinski definition) is 5. The van der Waals surface area contributed by atoms with E-state index in [1.165, 1.54) is 0 Å². The standard InChI is InChI=1S/C20H26O5/c1-10-8-22-19(3)14(10)5-12-16(24-19)7-17-13(18(12)21)6-15-11(2)9-23-20(15,4)25-17/h10-11,14-15H,5-9H2,1-4H3/t10-,11-,14+,15+,19+,20+/m0/s1. The summed E-state index contributed by atoms with van der Waals surface area (Å²) in [7, 11) is 0. The van der Waals surface area contributed by atoms with Crippen LogP contribution in [0.4, 0.5) is 0 Å². The third-order valence-electron chi connectivity index (χ3n) is 7.03. The molecule has 0 bridgehead atoms. The second kappa shape index (κ2) is 4.89. The van der Waals surface area contributed by atoms with Crippen molar-refractivity contribution >= 4 is 5.78 Å². The summed E-state index contributed by atoms with van der Waals surface area (Å²) in [6, 6.07) is 0. The number of ketones is 1. The number of Topliss-reactive ketones (excluding diaryl/α,β-unsaturated/α-hetero) is 1. The second-order valence-corrected chi connectivity index (χ2v) is 8.74. The highest BCUT2D eigenvalue weighted by Gasteiger charge is 2.56. The van der Waals surface area contributed by atoms with Crippen molar-refractivity contribution in [3.63, 3.8) is 0 Å². The van der Waals surface area contributed by atoms with Gasteiger partial charge in [-0.2, -0.15) is 0 Å². The number of rotatable bonds is 0. The summed E-state index contributed by atoms with van der Waals surface area (Å²) >= 11 is 0. The van der Waals surface area contributed by atoms with Crippen molar-refractivity contribution < 1.29 is 23.7 Å². The summed E-state index contributed by atoms with van der Waals surface area (Å²) in [6.07, 6.45) is 2.03. The lowest BCUT2D eigenvalue weighted by molar-refractivity contribution is -0.216. The molecule has 6 atom stereocenters. The van der Waals surface area contributed by atoms with Gasteiger partial charge in [0.05, 0.1) is 19.6 Å². The van der Waals surface area contributed by atoms with Crippen molar-refractivity contribution in [3.05, 3.63) is 22.7 Å². The van der Waals surface area contributed by atoms with Crippen LogP contribution in [0.2, 0.25) is 0 Å². The smallest absolute Gasteiger partial charge is 0.210 e. The lowest BCUT2D eigenvalue weighted by Gasteiger charge is -2.44. The fraction of sp³-hybridized carbons (Fsp3) is 0.750. The molecule has 5 rings (SSSR count). The van der Waals surface area contributed by atoms with Crippen LogP contribution in [0.3, 0.4) is 0 Å². The van der Waals surface area contributed by atoms with Gasteiger partial charge >= 0.3 is 0 Å². The minimum atomic E-state index is -0.615. The summed E-state index contributed by atoms with van der Waals surface area (Å²) in [5.74, 6) is 1.65. The maximum Gasteiger partial charge on any atom is 0.210 e. The molecule has 5 nitrogen and oxygen atoms in total. The van der Waals surface area contributed by atoms with Gasteiger partial charge in [-0.05, 0) is 24.7 Å². The van der Waals surface area contributed by atoms with Crippen LogP contribution < -0.4 is 0 Å². The first-order chi connectivity index (χ1) is 11.8. The highest BCUT2D eigenvalue weighted by atomic mass is 16.7. The predicted octanol–water partition coefficient (Wildman–Crippen LogP) is 3.31. The normalized spacial score (nSPS) is 48.4. The summed E-state index contributed by atoms with van der Waals surface area (Å²) in [5.41, 5.74) is 1.69. The molecule has 0 aromatic heterocycles. The summed E-state index contributed by atoms with van der Waals surface area (Å²) < 4.78 is 24.3. The number of allylic oxidation sites excluding steroid dienone is 2. The summed E-state index contributed by atoms with van der Waals surface area (Å²) in [6.45, 7) is 9.72. The lowest BCUT2D eigenvalue weighted by atomic mass is 9.74. The van der Waals surface area contributed by atoms with Crippen LogP contribution in [-0.2, 0) is 23.7 Å². The Balaban J connectivity index is 1.48. The molecule has 0 unspecified atom stereocenters. The first-order valence-corrected chi connectivity index (χ1v) is 9.45. The molecular weight excluding hydrogens is 320 g/mol. The minimum Gasteiger partial charge on any atom is -0.466 e. The van der Waals surface area contributed by atoms with Gasteiger partial charge < -0.3 is 18.9 Å². The third-order valence-corrected chi connectivity index (χ3v) is 7.03. The van der Waals surface area contributed by atoms with Crippen molar-refractivity contribution in [1.82, 2.24) is 0 Å². The Morgan fingerprint density at radius 3 is 1.72 bits per heavy atom. The maximum absolute atomic E-state index is 13.2. The fourth-order valence-electron chi connectivity index (χ4n) is 5.39. The monoisotopic (exact) mass is 346 g/mol. The molecular formula is C20H26O5. The van der Waals surface area contributed by atoms with E-state index in [0.29, 0.717) is 31.5 Å². The van der Waals surface area contributed by atoms with Crippen molar-refractivity contribution in [3.8, 4) is 0 Å². The number of carbonyl (C=O) groups excluding carboxylic acids is 1. The van der Waals surface area contributed by atoms with Gasteiger partial charge in [-0.15, -0.1) is 0 Å². The molecule has 5 heteroatoms. The largest absolute Gasteiger partial charge is 0.466 e. The van der Waals surface area contributed by atoms with Gasteiger partial charge in [0.2, 0.25) is 11.6 Å². The van der Waals surface area contributed by atoms with Crippen LogP contribution in [0.1, 0.15) is 47.0 Å². The molecule has 1 aliphatic carbocycles. The molecule has 4 heterocycles. The van der Waals surface area contributed by atoms with Crippen LogP contribution in [0, 0.1) is 23.7 Å². The van der Waals surface area contributed by atoms with Crippen LogP contribution in [-0.4, -0.2) is 30.6 Å². The van der Waals surface area contributed by atoms with E-state index in [1.54, 1.807) is 0 Å². The zero-order chi connectivity index (χ0) is 17.6. The molecule has 136 valence electrons. The number of fused-ring (bicyclic) bond motifs is 2. The molecule has 4 aliphatic heterocycles. The zero-order valence-corrected chi connectivity index (χ0v) is 15.4. The van der Waals surface area contributed by atoms with E-state index in [2.05, 4.69) is 13.8 Å². The number of hydrogen-bond donors (Lipinski definition) is 0. The highest BCUT2D eigenvalue weighted by molar-refractivity contribution is 6.10. The van der Waals surface area contributed by atoms with E-state index in [9.17, 15) is 4.79 Å². The molecule has 0 saturated carbocycles. The maximum atomic E-state index is 13.2. The Morgan fingerprint density at radius 1 is 0.840 bits per heavy atom. The summed E-state index contributed by atoms with van der Waals surface area (Å²) in [4.78, 5) is 13.2. The first-order valence-electron chi connectivity index (χ1n) is 9.45. The first kappa shape index (κ1) is 15.9. The van der Waals surface area contributed by atoms with E-state index in [1.807, 2.05) is 13.8 Å². The lowest BCUT2D eigenvalue weighted by Crippen LogP contribution is -2.45. The second-order valence-electron chi connectivity index (χ2n) is 8.74. The minimum absolute atomic E-state index is 0.124. The van der Waals surface area contributed by atoms with Crippen molar-refractivity contribution in [2.75, 3.05) is 13.2 Å². The molecule has 0 radical (unpaired) electrons. The van der Waals surface area contributed by atoms with Gasteiger partial charge in [-0.1, -0.05) is 13.8 Å². The molecule has 5 aliphatic rings. The summed E-state index contributed by atoms with van der Waals surface area (Å²) in [5, 5.41) is 0. The molecule has 0 spiro atoms. The van der Waals surface area contributed by atoms with Gasteiger partial charge in [-0.3, -0.25) is 4.79 Å². The van der Waals surface area contributed by atoms with E-state index >= 15 is 0 Å². The zero-order valence-electron chi connectivity index (χ0n) is 15.4. The fourth-order valence-corrected chi connectivity index (χ4v) is 5.39. The van der Waals surface area contributed by atoms with Crippen LogP contribution in [0.25, 0.3) is 0 Å². The van der Waals surface area contributed by atoms with Crippen LogP contribution in [0.15, 0.2) is 22.7 Å². The molecule has 0 aromatic carbocycles. The topological polar surface area (TPSA) is 54.0 Å². The average Bonchev–Trinajstić information content (AvgIpc) is 3.01. The molecule has 2 fully saturated rings. The predicted molar refractivity (Wildman–Crippen MR) is 89.1 cm³/mol. The Morgan fingerprint density at radius 2 is 1.28 bits per heavy atom. The van der Waals surface area contributed by atoms with Crippen LogP contribution >= 0.6 is 0 Å². The van der Waals surface area contributed by atoms with Crippen molar-refractivity contribution in [2.45, 2.75) is 58.5 Å². The Bertz CT molecular complexity index is 664. The Kier molecular flexibility index (Phi) is 3.11. The number of ether oxygens (including phenoxy) is 4. The quantitative estimate of drug-likeness (QED) is 0.674. The molecule has 0 amide bonds. The van der Waals surface area contributed by atoms with Gasteiger partial charge in [0.15, 0.2) is 5.78 Å².